The van der Waals surface area contributed by atoms with Crippen molar-refractivity contribution in [3.05, 3.63) is 77.4 Å². The van der Waals surface area contributed by atoms with Crippen LogP contribution in [-0.4, -0.2) is 6.61 Å². The Morgan fingerprint density at radius 2 is 1.15 bits per heavy atom. The highest BCUT2D eigenvalue weighted by molar-refractivity contribution is 5.72. The van der Waals surface area contributed by atoms with Gasteiger partial charge in [-0.1, -0.05) is 102 Å². The Kier molecular flexibility index (Phi) is 11.7. The van der Waals surface area contributed by atoms with E-state index >= 15 is 8.78 Å². The first-order valence-electron chi connectivity index (χ1n) is 15.6. The lowest BCUT2D eigenvalue weighted by Gasteiger charge is -2.29. The fraction of sp³-hybridized carbons (Fsp3) is 0.500. The molecular weight excluding hydrogens is 524 g/mol. The normalized spacial score (nSPS) is 17.1. The quantitative estimate of drug-likeness (QED) is 0.139. The average Bonchev–Trinajstić information content (AvgIpc) is 2.99. The van der Waals surface area contributed by atoms with E-state index < -0.39 is 23.3 Å². The van der Waals surface area contributed by atoms with Gasteiger partial charge in [-0.2, -0.15) is 4.39 Å². The van der Waals surface area contributed by atoms with Crippen LogP contribution in [0, 0.1) is 29.2 Å². The molecule has 0 aliphatic heterocycles. The molecule has 0 heterocycles. The molecule has 1 saturated carbocycles. The van der Waals surface area contributed by atoms with Crippen molar-refractivity contribution in [2.45, 2.75) is 103 Å². The van der Waals surface area contributed by atoms with Crippen LogP contribution in [0.3, 0.4) is 0 Å². The molecule has 41 heavy (non-hydrogen) atoms. The summed E-state index contributed by atoms with van der Waals surface area (Å²) >= 11 is 0. The molecule has 1 aliphatic rings. The van der Waals surface area contributed by atoms with Crippen LogP contribution in [0.4, 0.5) is 17.6 Å². The number of unbranched alkanes of at least 4 members (excludes halogenated alkanes) is 6. The summed E-state index contributed by atoms with van der Waals surface area (Å²) in [5.41, 5.74) is 1.66. The van der Waals surface area contributed by atoms with Gasteiger partial charge in [-0.3, -0.25) is 0 Å². The molecule has 1 nitrogen and oxygen atoms in total. The fourth-order valence-corrected chi connectivity index (χ4v) is 6.13. The number of halogens is 4. The first kappa shape index (κ1) is 31.1. The first-order chi connectivity index (χ1) is 19.9. The van der Waals surface area contributed by atoms with E-state index in [0.29, 0.717) is 29.2 Å². The van der Waals surface area contributed by atoms with Crippen LogP contribution in [0.15, 0.2) is 48.5 Å². The molecule has 222 valence electrons. The second kappa shape index (κ2) is 15.4. The average molecular weight is 569 g/mol. The molecule has 5 heteroatoms. The van der Waals surface area contributed by atoms with Crippen LogP contribution in [-0.2, 0) is 0 Å². The van der Waals surface area contributed by atoms with Gasteiger partial charge in [0.2, 0.25) is 5.82 Å². The molecule has 0 unspecified atom stereocenters. The van der Waals surface area contributed by atoms with E-state index in [1.807, 2.05) is 0 Å². The lowest BCUT2D eigenvalue weighted by atomic mass is 9.76. The van der Waals surface area contributed by atoms with Crippen LogP contribution in [0.5, 0.6) is 5.75 Å². The van der Waals surface area contributed by atoms with E-state index in [9.17, 15) is 8.78 Å². The van der Waals surface area contributed by atoms with E-state index in [1.54, 1.807) is 36.4 Å². The van der Waals surface area contributed by atoms with Gasteiger partial charge in [0, 0.05) is 11.1 Å². The maximum Gasteiger partial charge on any atom is 0.201 e. The molecule has 3 aromatic carbocycles. The highest BCUT2D eigenvalue weighted by atomic mass is 19.2. The van der Waals surface area contributed by atoms with Gasteiger partial charge < -0.3 is 4.74 Å². The number of hydrogen-bond donors (Lipinski definition) is 0. The zero-order chi connectivity index (χ0) is 29.2. The molecule has 1 aliphatic carbocycles. The predicted octanol–water partition coefficient (Wildman–Crippen LogP) is 11.8. The predicted molar refractivity (Wildman–Crippen MR) is 160 cm³/mol. The number of rotatable bonds is 14. The second-order valence-electron chi connectivity index (χ2n) is 11.6. The number of hydrogen-bond acceptors (Lipinski definition) is 1. The lowest BCUT2D eigenvalue weighted by molar-refractivity contribution is 0.285. The first-order valence-corrected chi connectivity index (χ1v) is 15.6. The molecular formula is C36H44F4O. The molecule has 3 aromatic rings. The Morgan fingerprint density at radius 3 is 1.78 bits per heavy atom. The van der Waals surface area contributed by atoms with Gasteiger partial charge in [-0.05, 0) is 72.8 Å². The van der Waals surface area contributed by atoms with E-state index in [2.05, 4.69) is 13.8 Å². The molecule has 0 aromatic heterocycles. The molecule has 0 radical (unpaired) electrons. The second-order valence-corrected chi connectivity index (χ2v) is 11.6. The summed E-state index contributed by atoms with van der Waals surface area (Å²) in [5, 5.41) is 0. The molecule has 0 amide bonds. The summed E-state index contributed by atoms with van der Waals surface area (Å²) < 4.78 is 65.6. The van der Waals surface area contributed by atoms with Crippen molar-refractivity contribution in [1.29, 1.82) is 0 Å². The van der Waals surface area contributed by atoms with Crippen molar-refractivity contribution in [2.75, 3.05) is 6.61 Å². The van der Waals surface area contributed by atoms with Crippen LogP contribution in [0.1, 0.15) is 109 Å². The number of ether oxygens (including phenoxy) is 1. The van der Waals surface area contributed by atoms with Crippen molar-refractivity contribution in [3.8, 4) is 28.0 Å². The van der Waals surface area contributed by atoms with Gasteiger partial charge in [0.15, 0.2) is 23.2 Å². The summed E-state index contributed by atoms with van der Waals surface area (Å²) in [7, 11) is 0. The van der Waals surface area contributed by atoms with Gasteiger partial charge in [-0.25, -0.2) is 13.2 Å². The highest BCUT2D eigenvalue weighted by Crippen LogP contribution is 2.40. The van der Waals surface area contributed by atoms with Gasteiger partial charge in [-0.15, -0.1) is 0 Å². The van der Waals surface area contributed by atoms with Crippen LogP contribution < -0.4 is 4.74 Å². The van der Waals surface area contributed by atoms with Crippen molar-refractivity contribution >= 4 is 0 Å². The topological polar surface area (TPSA) is 9.23 Å². The monoisotopic (exact) mass is 568 g/mol. The zero-order valence-electron chi connectivity index (χ0n) is 24.6. The van der Waals surface area contributed by atoms with Gasteiger partial charge in [0.05, 0.1) is 6.61 Å². The SMILES string of the molecule is CCCCCCCOc1ccc(-c2ccc(-c3ccc(C4CCC(CCCCC)CC4)c(F)c3F)cc2)c(F)c1F. The molecule has 0 saturated heterocycles. The van der Waals surface area contributed by atoms with Crippen molar-refractivity contribution < 1.29 is 22.3 Å². The smallest absolute Gasteiger partial charge is 0.201 e. The molecule has 4 rings (SSSR count). The Morgan fingerprint density at radius 1 is 0.585 bits per heavy atom. The largest absolute Gasteiger partial charge is 0.490 e. The van der Waals surface area contributed by atoms with Crippen LogP contribution >= 0.6 is 0 Å². The van der Waals surface area contributed by atoms with E-state index in [4.69, 9.17) is 4.74 Å². The molecule has 0 atom stereocenters. The van der Waals surface area contributed by atoms with Gasteiger partial charge in [0.1, 0.15) is 0 Å². The summed E-state index contributed by atoms with van der Waals surface area (Å²) in [5.74, 6) is -2.97. The van der Waals surface area contributed by atoms with E-state index in [1.165, 1.54) is 37.8 Å². The summed E-state index contributed by atoms with van der Waals surface area (Å²) in [6, 6.07) is 12.7. The Labute approximate surface area is 243 Å². The van der Waals surface area contributed by atoms with Crippen molar-refractivity contribution in [1.82, 2.24) is 0 Å². The Balaban J connectivity index is 1.41. The Bertz CT molecular complexity index is 1250. The number of benzene rings is 3. The summed E-state index contributed by atoms with van der Waals surface area (Å²) in [4.78, 5) is 0. The summed E-state index contributed by atoms with van der Waals surface area (Å²) in [6.45, 7) is 4.69. The third-order valence-electron chi connectivity index (χ3n) is 8.67. The summed E-state index contributed by atoms with van der Waals surface area (Å²) in [6.07, 6.45) is 14.1. The van der Waals surface area contributed by atoms with Gasteiger partial charge >= 0.3 is 0 Å². The molecule has 0 bridgehead atoms. The third kappa shape index (κ3) is 7.93. The standard InChI is InChI=1S/C36H44F4O/c1-3-5-7-8-10-24-41-32-23-22-31(35(39)36(32)40)28-18-16-27(17-19-28)30-21-20-29(33(37)34(30)38)26-14-12-25(13-15-26)11-9-6-4-2/h16-23,25-26H,3-15,24H2,1-2H3. The highest BCUT2D eigenvalue weighted by Gasteiger charge is 2.26. The minimum Gasteiger partial charge on any atom is -0.490 e. The maximum atomic E-state index is 15.3. The van der Waals surface area contributed by atoms with Gasteiger partial charge in [0.25, 0.3) is 0 Å². The van der Waals surface area contributed by atoms with Crippen LogP contribution in [0.25, 0.3) is 22.3 Å². The minimum atomic E-state index is -1.01. The van der Waals surface area contributed by atoms with Crippen molar-refractivity contribution in [2.24, 2.45) is 5.92 Å². The lowest BCUT2D eigenvalue weighted by Crippen LogP contribution is -2.15. The molecule has 0 spiro atoms. The van der Waals surface area contributed by atoms with Crippen LogP contribution in [0.2, 0.25) is 0 Å². The van der Waals surface area contributed by atoms with E-state index in [-0.39, 0.29) is 22.8 Å². The Hall–Kier alpha value is -2.82. The fourth-order valence-electron chi connectivity index (χ4n) is 6.13. The zero-order valence-corrected chi connectivity index (χ0v) is 24.6. The molecule has 1 fully saturated rings. The maximum absolute atomic E-state index is 15.3. The molecule has 0 N–H and O–H groups in total. The van der Waals surface area contributed by atoms with Crippen molar-refractivity contribution in [3.63, 3.8) is 0 Å². The van der Waals surface area contributed by atoms with E-state index in [0.717, 1.165) is 57.8 Å². The minimum absolute atomic E-state index is 0.0502. The third-order valence-corrected chi connectivity index (χ3v) is 8.67.